The van der Waals surface area contributed by atoms with Crippen LogP contribution in [0.2, 0.25) is 0 Å². The van der Waals surface area contributed by atoms with E-state index in [1.54, 1.807) is 6.08 Å². The third kappa shape index (κ3) is 10.5. The van der Waals surface area contributed by atoms with Crippen molar-refractivity contribution in [3.63, 3.8) is 0 Å². The predicted octanol–water partition coefficient (Wildman–Crippen LogP) is 5.21. The standard InChI is InChI=1S/C17H29NO/c1-4-7-9-12-16(11-6-3)14-17(18-15-19)13-10-8-5-2/h4,6,16-17H,1,3,5,7-14H2,2H3. The largest absolute Gasteiger partial charge is 0.235 e. The fourth-order valence-corrected chi connectivity index (χ4v) is 2.44. The van der Waals surface area contributed by atoms with Crippen LogP contribution in [0.25, 0.3) is 0 Å². The Hall–Kier alpha value is -1.14. The molecule has 0 radical (unpaired) electrons. The molecule has 2 atom stereocenters. The molecule has 2 unspecified atom stereocenters. The molecule has 0 aromatic carbocycles. The van der Waals surface area contributed by atoms with Gasteiger partial charge in [0, 0.05) is 0 Å². The fourth-order valence-electron chi connectivity index (χ4n) is 2.44. The van der Waals surface area contributed by atoms with Crippen molar-refractivity contribution in [3.8, 4) is 0 Å². The van der Waals surface area contributed by atoms with Crippen LogP contribution in [0.4, 0.5) is 0 Å². The summed E-state index contributed by atoms with van der Waals surface area (Å²) < 4.78 is 0. The second kappa shape index (κ2) is 13.3. The quantitative estimate of drug-likeness (QED) is 0.194. The Balaban J connectivity index is 4.24. The average molecular weight is 263 g/mol. The van der Waals surface area contributed by atoms with Gasteiger partial charge in [-0.1, -0.05) is 38.3 Å². The summed E-state index contributed by atoms with van der Waals surface area (Å²) >= 11 is 0. The van der Waals surface area contributed by atoms with E-state index in [4.69, 9.17) is 0 Å². The monoisotopic (exact) mass is 263 g/mol. The van der Waals surface area contributed by atoms with Crippen molar-refractivity contribution in [3.05, 3.63) is 25.3 Å². The minimum Gasteiger partial charge on any atom is -0.211 e. The van der Waals surface area contributed by atoms with Gasteiger partial charge in [0.15, 0.2) is 0 Å². The zero-order chi connectivity index (χ0) is 14.3. The summed E-state index contributed by atoms with van der Waals surface area (Å²) in [5.74, 6) is 0.584. The summed E-state index contributed by atoms with van der Waals surface area (Å²) in [6.07, 6.45) is 15.7. The summed E-state index contributed by atoms with van der Waals surface area (Å²) in [6.45, 7) is 9.77. The predicted molar refractivity (Wildman–Crippen MR) is 83.0 cm³/mol. The van der Waals surface area contributed by atoms with E-state index in [9.17, 15) is 4.79 Å². The number of carbonyl (C=O) groups excluding carboxylic acids is 1. The highest BCUT2D eigenvalue weighted by Crippen LogP contribution is 2.23. The third-order valence-corrected chi connectivity index (χ3v) is 3.50. The highest BCUT2D eigenvalue weighted by Gasteiger charge is 2.14. The van der Waals surface area contributed by atoms with Gasteiger partial charge in [-0.15, -0.1) is 13.2 Å². The molecule has 0 saturated heterocycles. The van der Waals surface area contributed by atoms with Crippen LogP contribution in [0.3, 0.4) is 0 Å². The molecule has 0 saturated carbocycles. The molecule has 0 bridgehead atoms. The van der Waals surface area contributed by atoms with Gasteiger partial charge in [-0.3, -0.25) is 0 Å². The Kier molecular flexibility index (Phi) is 12.5. The maximum atomic E-state index is 10.5. The molecule has 0 rings (SSSR count). The summed E-state index contributed by atoms with van der Waals surface area (Å²) in [4.78, 5) is 14.5. The molecule has 0 heterocycles. The lowest BCUT2D eigenvalue weighted by Gasteiger charge is -2.19. The Labute approximate surface area is 118 Å². The minimum absolute atomic E-state index is 0.151. The Bertz CT molecular complexity index is 279. The number of nitrogens with zero attached hydrogens (tertiary/aromatic N) is 1. The summed E-state index contributed by atoms with van der Waals surface area (Å²) in [6, 6.07) is 0.151. The molecule has 0 N–H and O–H groups in total. The van der Waals surface area contributed by atoms with Crippen LogP contribution < -0.4 is 0 Å². The Morgan fingerprint density at radius 3 is 2.53 bits per heavy atom. The molecular formula is C17H29NO. The first-order chi connectivity index (χ1) is 9.28. The van der Waals surface area contributed by atoms with Crippen molar-refractivity contribution in [1.82, 2.24) is 0 Å². The van der Waals surface area contributed by atoms with Crippen LogP contribution in [0, 0.1) is 5.92 Å². The molecular weight excluding hydrogens is 234 g/mol. The smallest absolute Gasteiger partial charge is 0.211 e. The van der Waals surface area contributed by atoms with Crippen LogP contribution in [-0.4, -0.2) is 12.1 Å². The number of unbranched alkanes of at least 4 members (excludes halogenated alkanes) is 3. The maximum Gasteiger partial charge on any atom is 0.235 e. The Morgan fingerprint density at radius 2 is 1.95 bits per heavy atom. The second-order valence-corrected chi connectivity index (χ2v) is 5.22. The number of isocyanates is 1. The fraction of sp³-hybridized carbons (Fsp3) is 0.706. The van der Waals surface area contributed by atoms with E-state index in [1.807, 2.05) is 12.2 Å². The van der Waals surface area contributed by atoms with E-state index in [-0.39, 0.29) is 6.04 Å². The van der Waals surface area contributed by atoms with E-state index in [1.165, 1.54) is 12.8 Å². The Morgan fingerprint density at radius 1 is 1.16 bits per heavy atom. The van der Waals surface area contributed by atoms with Gasteiger partial charge in [0.05, 0.1) is 6.04 Å². The average Bonchev–Trinajstić information content (AvgIpc) is 2.39. The number of rotatable bonds is 13. The van der Waals surface area contributed by atoms with E-state index < -0.39 is 0 Å². The lowest BCUT2D eigenvalue weighted by atomic mass is 9.89. The van der Waals surface area contributed by atoms with Crippen LogP contribution in [-0.2, 0) is 4.79 Å². The first kappa shape index (κ1) is 17.9. The van der Waals surface area contributed by atoms with Crippen molar-refractivity contribution in [2.24, 2.45) is 10.9 Å². The SMILES string of the molecule is C=CCCCC(CC=C)CC(CCCCC)N=C=O. The zero-order valence-corrected chi connectivity index (χ0v) is 12.4. The number of hydrogen-bond acceptors (Lipinski definition) is 2. The van der Waals surface area contributed by atoms with Gasteiger partial charge in [-0.2, -0.15) is 0 Å². The zero-order valence-electron chi connectivity index (χ0n) is 12.4. The summed E-state index contributed by atoms with van der Waals surface area (Å²) in [7, 11) is 0. The van der Waals surface area contributed by atoms with Gasteiger partial charge in [-0.05, 0) is 44.4 Å². The van der Waals surface area contributed by atoms with Crippen molar-refractivity contribution >= 4 is 6.08 Å². The summed E-state index contributed by atoms with van der Waals surface area (Å²) in [5.41, 5.74) is 0. The molecule has 19 heavy (non-hydrogen) atoms. The van der Waals surface area contributed by atoms with Crippen molar-refractivity contribution in [1.29, 1.82) is 0 Å². The van der Waals surface area contributed by atoms with Gasteiger partial charge in [0.25, 0.3) is 0 Å². The second-order valence-electron chi connectivity index (χ2n) is 5.22. The number of aliphatic imine (C=N–C) groups is 1. The van der Waals surface area contributed by atoms with Crippen LogP contribution >= 0.6 is 0 Å². The normalized spacial score (nSPS) is 13.3. The van der Waals surface area contributed by atoms with Crippen molar-refractivity contribution in [2.45, 2.75) is 70.8 Å². The maximum absolute atomic E-state index is 10.5. The number of allylic oxidation sites excluding steroid dienone is 2. The van der Waals surface area contributed by atoms with E-state index in [0.717, 1.165) is 44.9 Å². The molecule has 0 aliphatic carbocycles. The van der Waals surface area contributed by atoms with Gasteiger partial charge in [0.2, 0.25) is 6.08 Å². The van der Waals surface area contributed by atoms with Crippen molar-refractivity contribution in [2.75, 3.05) is 0 Å². The highest BCUT2D eigenvalue weighted by atomic mass is 16.1. The molecule has 0 aliphatic rings. The molecule has 0 aromatic heterocycles. The topological polar surface area (TPSA) is 29.4 Å². The molecule has 0 amide bonds. The molecule has 2 heteroatoms. The third-order valence-electron chi connectivity index (χ3n) is 3.50. The molecule has 0 spiro atoms. The van der Waals surface area contributed by atoms with Gasteiger partial charge in [0.1, 0.15) is 0 Å². The molecule has 0 fully saturated rings. The molecule has 0 aromatic rings. The minimum atomic E-state index is 0.151. The summed E-state index contributed by atoms with van der Waals surface area (Å²) in [5, 5.41) is 0. The lowest BCUT2D eigenvalue weighted by molar-refractivity contribution is 0.384. The molecule has 2 nitrogen and oxygen atoms in total. The lowest BCUT2D eigenvalue weighted by Crippen LogP contribution is -2.12. The van der Waals surface area contributed by atoms with Gasteiger partial charge < -0.3 is 0 Å². The highest BCUT2D eigenvalue weighted by molar-refractivity contribution is 5.33. The van der Waals surface area contributed by atoms with E-state index >= 15 is 0 Å². The van der Waals surface area contributed by atoms with Gasteiger partial charge >= 0.3 is 0 Å². The number of hydrogen-bond donors (Lipinski definition) is 0. The first-order valence-electron chi connectivity index (χ1n) is 7.57. The van der Waals surface area contributed by atoms with Crippen LogP contribution in [0.15, 0.2) is 30.3 Å². The van der Waals surface area contributed by atoms with E-state index in [0.29, 0.717) is 5.92 Å². The van der Waals surface area contributed by atoms with Crippen LogP contribution in [0.5, 0.6) is 0 Å². The molecule has 0 aliphatic heterocycles. The van der Waals surface area contributed by atoms with Crippen LogP contribution in [0.1, 0.15) is 64.7 Å². The first-order valence-corrected chi connectivity index (χ1v) is 7.57. The van der Waals surface area contributed by atoms with Crippen molar-refractivity contribution < 1.29 is 4.79 Å². The molecule has 108 valence electrons. The van der Waals surface area contributed by atoms with Gasteiger partial charge in [-0.25, -0.2) is 9.79 Å². The van der Waals surface area contributed by atoms with E-state index in [2.05, 4.69) is 25.1 Å².